The number of unbranched alkanes of at least 4 members (excludes halogenated alkanes) is 3. The van der Waals surface area contributed by atoms with Crippen LogP contribution in [0.25, 0.3) is 0 Å². The van der Waals surface area contributed by atoms with Crippen LogP contribution in [0, 0.1) is 17.2 Å². The second-order valence-electron chi connectivity index (χ2n) is 11.7. The molecule has 2 aromatic carbocycles. The van der Waals surface area contributed by atoms with Crippen LogP contribution in [-0.4, -0.2) is 31.8 Å². The van der Waals surface area contributed by atoms with Gasteiger partial charge in [-0.3, -0.25) is 9.59 Å². The van der Waals surface area contributed by atoms with Crippen molar-refractivity contribution in [2.45, 2.75) is 109 Å². The van der Waals surface area contributed by atoms with Crippen molar-refractivity contribution in [3.8, 4) is 11.8 Å². The van der Waals surface area contributed by atoms with Gasteiger partial charge in [0.15, 0.2) is 0 Å². The maximum absolute atomic E-state index is 12.3. The van der Waals surface area contributed by atoms with Gasteiger partial charge in [-0.15, -0.1) is 0 Å². The number of rotatable bonds is 10. The van der Waals surface area contributed by atoms with Crippen molar-refractivity contribution < 1.29 is 23.8 Å². The number of cyclic esters (lactones) is 2. The lowest BCUT2D eigenvalue weighted by molar-refractivity contribution is -0.149. The van der Waals surface area contributed by atoms with E-state index in [4.69, 9.17) is 19.5 Å². The predicted molar refractivity (Wildman–Crippen MR) is 171 cm³/mol. The fourth-order valence-corrected chi connectivity index (χ4v) is 5.14. The van der Waals surface area contributed by atoms with Gasteiger partial charge in [0.05, 0.1) is 42.8 Å². The van der Waals surface area contributed by atoms with E-state index in [0.29, 0.717) is 43.9 Å². The van der Waals surface area contributed by atoms with Crippen molar-refractivity contribution in [2.75, 3.05) is 19.8 Å². The molecule has 1 saturated heterocycles. The van der Waals surface area contributed by atoms with Gasteiger partial charge in [-0.1, -0.05) is 70.6 Å². The number of carbonyl (C=O) groups is 2. The van der Waals surface area contributed by atoms with Gasteiger partial charge >= 0.3 is 11.9 Å². The Morgan fingerprint density at radius 3 is 1.66 bits per heavy atom. The highest BCUT2D eigenvalue weighted by molar-refractivity contribution is 5.69. The molecule has 0 bridgehead atoms. The molecule has 0 aromatic heterocycles. The zero-order valence-electron chi connectivity index (χ0n) is 26.2. The third-order valence-electron chi connectivity index (χ3n) is 7.86. The Labute approximate surface area is 263 Å². The van der Waals surface area contributed by atoms with Crippen LogP contribution >= 0.6 is 0 Å². The highest BCUT2D eigenvalue weighted by Gasteiger charge is 2.15. The molecule has 3 rings (SSSR count). The molecular weight excluding hydrogens is 554 g/mol. The molecule has 2 aromatic rings. The van der Waals surface area contributed by atoms with E-state index in [-0.39, 0.29) is 17.9 Å². The van der Waals surface area contributed by atoms with Crippen LogP contribution < -0.4 is 4.74 Å². The summed E-state index contributed by atoms with van der Waals surface area (Å²) < 4.78 is 17.0. The summed E-state index contributed by atoms with van der Waals surface area (Å²) >= 11 is 0. The quantitative estimate of drug-likeness (QED) is 0.152. The number of nitriles is 1. The van der Waals surface area contributed by atoms with Crippen LogP contribution in [0.1, 0.15) is 115 Å². The van der Waals surface area contributed by atoms with Crippen LogP contribution in [0.2, 0.25) is 0 Å². The van der Waals surface area contributed by atoms with Crippen molar-refractivity contribution in [3.63, 3.8) is 0 Å². The Morgan fingerprint density at radius 2 is 1.14 bits per heavy atom. The van der Waals surface area contributed by atoms with Gasteiger partial charge in [0.1, 0.15) is 5.75 Å². The van der Waals surface area contributed by atoms with Gasteiger partial charge in [-0.25, -0.2) is 0 Å². The summed E-state index contributed by atoms with van der Waals surface area (Å²) in [7, 11) is 0. The molecule has 238 valence electrons. The molecular formula is C36H49N3O5. The van der Waals surface area contributed by atoms with Crippen molar-refractivity contribution in [2.24, 2.45) is 16.1 Å². The lowest BCUT2D eigenvalue weighted by atomic mass is 10.0. The normalized spacial score (nSPS) is 17.1. The Bertz CT molecular complexity index is 1130. The molecule has 0 amide bonds. The largest absolute Gasteiger partial charge is 0.494 e. The van der Waals surface area contributed by atoms with E-state index in [1.54, 1.807) is 24.3 Å². The molecule has 0 aliphatic carbocycles. The predicted octanol–water partition coefficient (Wildman–Crippen LogP) is 9.70. The van der Waals surface area contributed by atoms with E-state index >= 15 is 0 Å². The van der Waals surface area contributed by atoms with Gasteiger partial charge in [0.2, 0.25) is 0 Å². The van der Waals surface area contributed by atoms with Gasteiger partial charge in [0.25, 0.3) is 0 Å². The average Bonchev–Trinajstić information content (AvgIpc) is 3.05. The molecule has 1 aliphatic rings. The van der Waals surface area contributed by atoms with E-state index in [1.165, 1.54) is 38.5 Å². The number of hydrogen-bond donors (Lipinski definition) is 0. The van der Waals surface area contributed by atoms with Gasteiger partial charge < -0.3 is 14.2 Å². The van der Waals surface area contributed by atoms with E-state index in [0.717, 1.165) is 69.2 Å². The van der Waals surface area contributed by atoms with Gasteiger partial charge in [-0.05, 0) is 74.2 Å². The van der Waals surface area contributed by atoms with Crippen molar-refractivity contribution in [1.82, 2.24) is 0 Å². The average molecular weight is 604 g/mol. The Morgan fingerprint density at radius 1 is 0.659 bits per heavy atom. The first-order valence-electron chi connectivity index (χ1n) is 16.6. The van der Waals surface area contributed by atoms with Crippen molar-refractivity contribution >= 4 is 23.3 Å². The summed E-state index contributed by atoms with van der Waals surface area (Å²) in [4.78, 5) is 24.5. The summed E-state index contributed by atoms with van der Waals surface area (Å²) in [5, 5.41) is 17.3. The Kier molecular flexibility index (Phi) is 17.3. The van der Waals surface area contributed by atoms with E-state index in [1.807, 2.05) is 24.3 Å². The molecule has 8 nitrogen and oxygen atoms in total. The van der Waals surface area contributed by atoms with Gasteiger partial charge in [-0.2, -0.15) is 15.5 Å². The first-order valence-corrected chi connectivity index (χ1v) is 16.6. The number of carbonyl (C=O) groups excluding carboxylic acids is 2. The fourth-order valence-electron chi connectivity index (χ4n) is 5.14. The maximum atomic E-state index is 12.3. The number of nitrogens with zero attached hydrogens (tertiary/aromatic N) is 3. The minimum absolute atomic E-state index is 0.0359. The highest BCUT2D eigenvalue weighted by atomic mass is 16.5. The maximum Gasteiger partial charge on any atom is 0.305 e. The number of hydrogen-bond acceptors (Lipinski definition) is 8. The van der Waals surface area contributed by atoms with Crippen molar-refractivity contribution in [3.05, 3.63) is 54.1 Å². The zero-order chi connectivity index (χ0) is 31.1. The van der Waals surface area contributed by atoms with Crippen molar-refractivity contribution in [1.29, 1.82) is 5.26 Å². The molecule has 0 spiro atoms. The first-order chi connectivity index (χ1) is 21.6. The lowest BCUT2D eigenvalue weighted by Gasteiger charge is -2.17. The molecule has 0 atom stereocenters. The highest BCUT2D eigenvalue weighted by Crippen LogP contribution is 2.22. The molecule has 0 unspecified atom stereocenters. The first kappa shape index (κ1) is 34.8. The Balaban J connectivity index is 1.32. The SMILES string of the molecule is N#Cc1ccc(N=Nc2ccc(OCCCCCCC3COC(=O)CCCCCCCCCCCCC(=O)OC3)cc2)cc1. The molecule has 1 heterocycles. The molecule has 8 heteroatoms. The molecule has 0 saturated carbocycles. The lowest BCUT2D eigenvalue weighted by Crippen LogP contribution is -2.21. The van der Waals surface area contributed by atoms with E-state index in [2.05, 4.69) is 16.3 Å². The molecule has 1 aliphatic heterocycles. The second kappa shape index (κ2) is 21.9. The van der Waals surface area contributed by atoms with Crippen LogP contribution in [-0.2, 0) is 19.1 Å². The second-order valence-corrected chi connectivity index (χ2v) is 11.7. The number of esters is 2. The van der Waals surface area contributed by atoms with Crippen LogP contribution in [0.4, 0.5) is 11.4 Å². The molecule has 0 N–H and O–H groups in total. The summed E-state index contributed by atoms with van der Waals surface area (Å²) in [6.45, 7) is 1.27. The van der Waals surface area contributed by atoms with Crippen LogP contribution in [0.15, 0.2) is 58.8 Å². The number of benzene rings is 2. The summed E-state index contributed by atoms with van der Waals surface area (Å²) in [5.74, 6) is 0.546. The van der Waals surface area contributed by atoms with Crippen LogP contribution in [0.5, 0.6) is 5.75 Å². The van der Waals surface area contributed by atoms with Crippen LogP contribution in [0.3, 0.4) is 0 Å². The third kappa shape index (κ3) is 15.7. The molecule has 0 radical (unpaired) electrons. The topological polar surface area (TPSA) is 110 Å². The molecule has 44 heavy (non-hydrogen) atoms. The number of ether oxygens (including phenoxy) is 3. The standard InChI is InChI=1S/C36H49N3O5/c37-27-30-18-20-32(21-19-30)38-39-33-22-24-34(25-23-33)42-26-14-10-9-11-15-31-28-43-35(40)16-12-7-5-3-1-2-4-6-8-13-17-36(41)44-29-31/h18-25,31H,1-17,26,28-29H2. The minimum Gasteiger partial charge on any atom is -0.494 e. The zero-order valence-corrected chi connectivity index (χ0v) is 26.2. The summed E-state index contributed by atoms with van der Waals surface area (Å²) in [6.07, 6.45) is 17.1. The van der Waals surface area contributed by atoms with Gasteiger partial charge in [0, 0.05) is 18.8 Å². The minimum atomic E-state index is -0.140. The molecule has 1 fully saturated rings. The third-order valence-corrected chi connectivity index (χ3v) is 7.86. The van der Waals surface area contributed by atoms with E-state index < -0.39 is 0 Å². The summed E-state index contributed by atoms with van der Waals surface area (Å²) in [5.41, 5.74) is 2.01. The smallest absolute Gasteiger partial charge is 0.305 e. The fraction of sp³-hybridized carbons (Fsp3) is 0.583. The summed E-state index contributed by atoms with van der Waals surface area (Å²) in [6, 6.07) is 16.5. The Hall–Kier alpha value is -3.73. The monoisotopic (exact) mass is 603 g/mol. The van der Waals surface area contributed by atoms with E-state index in [9.17, 15) is 9.59 Å². The number of azo groups is 1.